The summed E-state index contributed by atoms with van der Waals surface area (Å²) in [6.07, 6.45) is 61.4. The van der Waals surface area contributed by atoms with Crippen LogP contribution < -0.4 is 0 Å². The third kappa shape index (κ3) is 50.5. The van der Waals surface area contributed by atoms with E-state index < -0.39 is 6.10 Å². The van der Waals surface area contributed by atoms with E-state index >= 15 is 0 Å². The van der Waals surface area contributed by atoms with Gasteiger partial charge in [0, 0.05) is 19.3 Å². The SMILES string of the molecule is CCCCCCCC/C=C\C/C=C\C/C=C\CCCC(=O)OC[C@H](COC(=O)CCCCCCCCCCCCC)OC(=O)CCCCCCCCCCCCCCCCCCC. The molecular formula is C57H104O6. The highest BCUT2D eigenvalue weighted by Gasteiger charge is 2.19. The van der Waals surface area contributed by atoms with Crippen molar-refractivity contribution in [2.75, 3.05) is 13.2 Å². The van der Waals surface area contributed by atoms with Crippen molar-refractivity contribution in [3.05, 3.63) is 36.5 Å². The van der Waals surface area contributed by atoms with Gasteiger partial charge in [-0.3, -0.25) is 14.4 Å². The molecule has 63 heavy (non-hydrogen) atoms. The summed E-state index contributed by atoms with van der Waals surface area (Å²) < 4.78 is 16.8. The van der Waals surface area contributed by atoms with Gasteiger partial charge in [-0.15, -0.1) is 0 Å². The maximum atomic E-state index is 12.8. The van der Waals surface area contributed by atoms with Crippen molar-refractivity contribution in [3.63, 3.8) is 0 Å². The lowest BCUT2D eigenvalue weighted by Gasteiger charge is -2.18. The van der Waals surface area contributed by atoms with E-state index in [1.54, 1.807) is 0 Å². The molecule has 0 radical (unpaired) electrons. The maximum absolute atomic E-state index is 12.8. The Kier molecular flexibility index (Phi) is 50.3. The second-order valence-electron chi connectivity index (χ2n) is 18.5. The van der Waals surface area contributed by atoms with Gasteiger partial charge in [-0.05, 0) is 51.4 Å². The van der Waals surface area contributed by atoms with Crippen molar-refractivity contribution >= 4 is 17.9 Å². The average Bonchev–Trinajstić information content (AvgIpc) is 3.28. The van der Waals surface area contributed by atoms with Crippen molar-refractivity contribution in [1.29, 1.82) is 0 Å². The Morgan fingerprint density at radius 3 is 0.952 bits per heavy atom. The first-order chi connectivity index (χ1) is 31.0. The molecule has 1 atom stereocenters. The monoisotopic (exact) mass is 885 g/mol. The number of unbranched alkanes of at least 4 members (excludes halogenated alkanes) is 33. The van der Waals surface area contributed by atoms with E-state index in [0.717, 1.165) is 57.8 Å². The Hall–Kier alpha value is -2.37. The average molecular weight is 885 g/mol. The largest absolute Gasteiger partial charge is 0.462 e. The van der Waals surface area contributed by atoms with Crippen molar-refractivity contribution in [3.8, 4) is 0 Å². The van der Waals surface area contributed by atoms with E-state index in [1.807, 2.05) is 0 Å². The summed E-state index contributed by atoms with van der Waals surface area (Å²) in [5, 5.41) is 0. The Balaban J connectivity index is 4.38. The van der Waals surface area contributed by atoms with Crippen LogP contribution in [0, 0.1) is 0 Å². The van der Waals surface area contributed by atoms with Gasteiger partial charge in [-0.1, -0.05) is 256 Å². The number of hydrogen-bond acceptors (Lipinski definition) is 6. The summed E-state index contributed by atoms with van der Waals surface area (Å²) in [6.45, 7) is 6.61. The van der Waals surface area contributed by atoms with Gasteiger partial charge in [0.1, 0.15) is 13.2 Å². The molecule has 0 aliphatic carbocycles. The smallest absolute Gasteiger partial charge is 0.306 e. The number of ether oxygens (including phenoxy) is 3. The van der Waals surface area contributed by atoms with Crippen molar-refractivity contribution in [2.24, 2.45) is 0 Å². The Morgan fingerprint density at radius 2 is 0.587 bits per heavy atom. The molecule has 0 aromatic heterocycles. The summed E-state index contributed by atoms with van der Waals surface area (Å²) in [4.78, 5) is 38.0. The summed E-state index contributed by atoms with van der Waals surface area (Å²) in [7, 11) is 0. The summed E-state index contributed by atoms with van der Waals surface area (Å²) >= 11 is 0. The van der Waals surface area contributed by atoms with E-state index in [1.165, 1.54) is 186 Å². The zero-order valence-electron chi connectivity index (χ0n) is 42.1. The molecule has 6 heteroatoms. The first-order valence-corrected chi connectivity index (χ1v) is 27.5. The first kappa shape index (κ1) is 60.6. The van der Waals surface area contributed by atoms with Crippen LogP contribution in [0.1, 0.15) is 290 Å². The third-order valence-electron chi connectivity index (χ3n) is 12.1. The highest BCUT2D eigenvalue weighted by molar-refractivity contribution is 5.71. The number of carbonyl (C=O) groups is 3. The molecule has 6 nitrogen and oxygen atoms in total. The van der Waals surface area contributed by atoms with Gasteiger partial charge >= 0.3 is 17.9 Å². The third-order valence-corrected chi connectivity index (χ3v) is 12.1. The molecule has 368 valence electrons. The topological polar surface area (TPSA) is 78.9 Å². The first-order valence-electron chi connectivity index (χ1n) is 27.5. The van der Waals surface area contributed by atoms with E-state index in [0.29, 0.717) is 25.7 Å². The molecule has 0 heterocycles. The van der Waals surface area contributed by atoms with Crippen LogP contribution in [-0.4, -0.2) is 37.2 Å². The molecular weight excluding hydrogens is 781 g/mol. The van der Waals surface area contributed by atoms with Crippen LogP contribution >= 0.6 is 0 Å². The Morgan fingerprint density at radius 1 is 0.317 bits per heavy atom. The van der Waals surface area contributed by atoms with Crippen LogP contribution in [-0.2, 0) is 28.6 Å². The lowest BCUT2D eigenvalue weighted by molar-refractivity contribution is -0.167. The van der Waals surface area contributed by atoms with E-state index in [2.05, 4.69) is 57.2 Å². The summed E-state index contributed by atoms with van der Waals surface area (Å²) in [5.74, 6) is -0.924. The number of carbonyl (C=O) groups excluding carboxylic acids is 3. The molecule has 0 amide bonds. The minimum atomic E-state index is -0.786. The molecule has 0 rings (SSSR count). The molecule has 0 aromatic rings. The molecule has 0 unspecified atom stereocenters. The molecule has 0 saturated carbocycles. The van der Waals surface area contributed by atoms with Crippen LogP contribution in [0.2, 0.25) is 0 Å². The highest BCUT2D eigenvalue weighted by atomic mass is 16.6. The van der Waals surface area contributed by atoms with Gasteiger partial charge in [0.2, 0.25) is 0 Å². The van der Waals surface area contributed by atoms with Crippen molar-refractivity contribution < 1.29 is 28.6 Å². The minimum Gasteiger partial charge on any atom is -0.462 e. The van der Waals surface area contributed by atoms with Crippen LogP contribution in [0.4, 0.5) is 0 Å². The standard InChI is InChI=1S/C57H104O6/c1-4-7-10-13-16-19-22-24-26-28-30-32-35-38-41-44-47-50-56(59)62-53-54(52-61-55(58)49-46-43-40-37-34-21-18-15-12-9-6-3)63-57(60)51-48-45-42-39-36-33-31-29-27-25-23-20-17-14-11-8-5-2/h24,26,30,32,38,41,54H,4-23,25,27-29,31,33-37,39-40,42-53H2,1-3H3/b26-24-,32-30-,41-38-/t54-/m0/s1. The predicted octanol–water partition coefficient (Wildman–Crippen LogP) is 18.1. The lowest BCUT2D eigenvalue weighted by atomic mass is 10.0. The van der Waals surface area contributed by atoms with Gasteiger partial charge in [-0.25, -0.2) is 0 Å². The zero-order chi connectivity index (χ0) is 45.8. The van der Waals surface area contributed by atoms with Gasteiger partial charge in [-0.2, -0.15) is 0 Å². The summed E-state index contributed by atoms with van der Waals surface area (Å²) in [6, 6.07) is 0. The molecule has 0 aliphatic heterocycles. The van der Waals surface area contributed by atoms with Crippen LogP contribution in [0.5, 0.6) is 0 Å². The molecule has 0 bridgehead atoms. The molecule has 0 saturated heterocycles. The fraction of sp³-hybridized carbons (Fsp3) is 0.842. The predicted molar refractivity (Wildman–Crippen MR) is 270 cm³/mol. The molecule has 0 fully saturated rings. The lowest BCUT2D eigenvalue weighted by Crippen LogP contribution is -2.30. The quantitative estimate of drug-likeness (QED) is 0.0262. The minimum absolute atomic E-state index is 0.0832. The Bertz CT molecular complexity index is 1060. The molecule has 0 aliphatic rings. The van der Waals surface area contributed by atoms with Crippen molar-refractivity contribution in [2.45, 2.75) is 297 Å². The van der Waals surface area contributed by atoms with Gasteiger partial charge in [0.15, 0.2) is 6.10 Å². The van der Waals surface area contributed by atoms with E-state index in [9.17, 15) is 14.4 Å². The maximum Gasteiger partial charge on any atom is 0.306 e. The van der Waals surface area contributed by atoms with Gasteiger partial charge < -0.3 is 14.2 Å². The van der Waals surface area contributed by atoms with Crippen molar-refractivity contribution in [1.82, 2.24) is 0 Å². The molecule has 0 N–H and O–H groups in total. The number of rotatable bonds is 50. The number of esters is 3. The van der Waals surface area contributed by atoms with Gasteiger partial charge in [0.25, 0.3) is 0 Å². The van der Waals surface area contributed by atoms with Crippen LogP contribution in [0.25, 0.3) is 0 Å². The van der Waals surface area contributed by atoms with Crippen LogP contribution in [0.15, 0.2) is 36.5 Å². The number of hydrogen-bond donors (Lipinski definition) is 0. The van der Waals surface area contributed by atoms with E-state index in [4.69, 9.17) is 14.2 Å². The second kappa shape index (κ2) is 52.3. The molecule has 0 aromatic carbocycles. The highest BCUT2D eigenvalue weighted by Crippen LogP contribution is 2.16. The fourth-order valence-corrected chi connectivity index (χ4v) is 7.99. The van der Waals surface area contributed by atoms with Gasteiger partial charge in [0.05, 0.1) is 0 Å². The second-order valence-corrected chi connectivity index (χ2v) is 18.5. The summed E-state index contributed by atoms with van der Waals surface area (Å²) in [5.41, 5.74) is 0. The fourth-order valence-electron chi connectivity index (χ4n) is 7.99. The normalized spacial score (nSPS) is 12.2. The Labute approximate surface area is 391 Å². The number of allylic oxidation sites excluding steroid dienone is 6. The van der Waals surface area contributed by atoms with Crippen LogP contribution in [0.3, 0.4) is 0 Å². The molecule has 0 spiro atoms. The van der Waals surface area contributed by atoms with E-state index in [-0.39, 0.29) is 31.1 Å². The zero-order valence-corrected chi connectivity index (χ0v) is 42.1.